The van der Waals surface area contributed by atoms with Crippen molar-refractivity contribution in [2.45, 2.75) is 11.8 Å². The number of aryl methyl sites for hydroxylation is 1. The third kappa shape index (κ3) is 2.60. The molecule has 0 saturated heterocycles. The quantitative estimate of drug-likeness (QED) is 0.774. The molecule has 0 unspecified atom stereocenters. The molecule has 0 atom stereocenters. The SMILES string of the molecule is Cc1ccc(F)c(NS(=O)(=O)c2ccc3[nH]c(=O)oc3c2)c1. The Labute approximate surface area is 124 Å². The lowest BCUT2D eigenvalue weighted by Crippen LogP contribution is -2.14. The van der Waals surface area contributed by atoms with Crippen molar-refractivity contribution >= 4 is 26.8 Å². The van der Waals surface area contributed by atoms with Gasteiger partial charge in [0.1, 0.15) is 5.82 Å². The van der Waals surface area contributed by atoms with Crippen molar-refractivity contribution in [1.82, 2.24) is 4.98 Å². The summed E-state index contributed by atoms with van der Waals surface area (Å²) in [6, 6.07) is 8.01. The first-order valence-corrected chi connectivity index (χ1v) is 7.75. The molecule has 114 valence electrons. The van der Waals surface area contributed by atoms with E-state index in [9.17, 15) is 17.6 Å². The lowest BCUT2D eigenvalue weighted by atomic mass is 10.2. The van der Waals surface area contributed by atoms with Crippen molar-refractivity contribution < 1.29 is 17.2 Å². The van der Waals surface area contributed by atoms with E-state index in [0.29, 0.717) is 11.1 Å². The maximum atomic E-state index is 13.7. The molecule has 3 aromatic rings. The summed E-state index contributed by atoms with van der Waals surface area (Å²) in [6.45, 7) is 1.72. The third-order valence-electron chi connectivity index (χ3n) is 3.07. The predicted molar refractivity (Wildman–Crippen MR) is 78.8 cm³/mol. The summed E-state index contributed by atoms with van der Waals surface area (Å²) >= 11 is 0. The molecule has 0 aliphatic carbocycles. The molecule has 22 heavy (non-hydrogen) atoms. The predicted octanol–water partition coefficient (Wildman–Crippen LogP) is 2.37. The molecule has 0 bridgehead atoms. The van der Waals surface area contributed by atoms with Crippen molar-refractivity contribution in [3.8, 4) is 0 Å². The summed E-state index contributed by atoms with van der Waals surface area (Å²) in [5.74, 6) is -1.36. The van der Waals surface area contributed by atoms with Gasteiger partial charge in [0.15, 0.2) is 5.58 Å². The number of hydrogen-bond donors (Lipinski definition) is 2. The van der Waals surface area contributed by atoms with Gasteiger partial charge in [-0.05, 0) is 36.8 Å². The molecule has 8 heteroatoms. The highest BCUT2D eigenvalue weighted by Gasteiger charge is 2.18. The molecule has 0 fully saturated rings. The molecule has 0 amide bonds. The maximum absolute atomic E-state index is 13.7. The fourth-order valence-corrected chi connectivity index (χ4v) is 3.09. The van der Waals surface area contributed by atoms with Crippen LogP contribution < -0.4 is 10.5 Å². The topological polar surface area (TPSA) is 92.2 Å². The summed E-state index contributed by atoms with van der Waals surface area (Å²) in [6.07, 6.45) is 0. The van der Waals surface area contributed by atoms with Crippen LogP contribution in [-0.4, -0.2) is 13.4 Å². The summed E-state index contributed by atoms with van der Waals surface area (Å²) in [4.78, 5) is 13.4. The van der Waals surface area contributed by atoms with Crippen molar-refractivity contribution in [2.24, 2.45) is 0 Å². The van der Waals surface area contributed by atoms with E-state index in [1.165, 1.54) is 36.4 Å². The standard InChI is InChI=1S/C14H11FN2O4S/c1-8-2-4-10(15)12(6-8)17-22(19,20)9-3-5-11-13(7-9)21-14(18)16-11/h2-7,17H,1H3,(H,16,18). The fourth-order valence-electron chi connectivity index (χ4n) is 2.01. The second-order valence-corrected chi connectivity index (χ2v) is 6.44. The Hall–Kier alpha value is -2.61. The van der Waals surface area contributed by atoms with Crippen LogP contribution in [0, 0.1) is 12.7 Å². The Morgan fingerprint density at radius 3 is 2.73 bits per heavy atom. The number of aromatic nitrogens is 1. The van der Waals surface area contributed by atoms with Gasteiger partial charge in [-0.3, -0.25) is 9.71 Å². The van der Waals surface area contributed by atoms with Crippen molar-refractivity contribution in [3.05, 3.63) is 58.3 Å². The highest BCUT2D eigenvalue weighted by atomic mass is 32.2. The van der Waals surface area contributed by atoms with Gasteiger partial charge in [-0.15, -0.1) is 0 Å². The third-order valence-corrected chi connectivity index (χ3v) is 4.43. The lowest BCUT2D eigenvalue weighted by molar-refractivity contribution is 0.554. The van der Waals surface area contributed by atoms with Crippen LogP contribution in [0.4, 0.5) is 10.1 Å². The molecule has 0 aliphatic rings. The van der Waals surface area contributed by atoms with Crippen LogP contribution in [0.25, 0.3) is 11.1 Å². The van der Waals surface area contributed by atoms with Gasteiger partial charge >= 0.3 is 5.76 Å². The molecule has 1 aromatic heterocycles. The number of oxazole rings is 1. The van der Waals surface area contributed by atoms with Crippen molar-refractivity contribution in [1.29, 1.82) is 0 Å². The average molecular weight is 322 g/mol. The molecular weight excluding hydrogens is 311 g/mol. The molecule has 3 rings (SSSR count). The second-order valence-electron chi connectivity index (χ2n) is 4.76. The van der Waals surface area contributed by atoms with Gasteiger partial charge in [0, 0.05) is 6.07 Å². The second kappa shape index (κ2) is 4.99. The number of hydrogen-bond acceptors (Lipinski definition) is 4. The monoisotopic (exact) mass is 322 g/mol. The van der Waals surface area contributed by atoms with Crippen LogP contribution in [0.2, 0.25) is 0 Å². The molecule has 6 nitrogen and oxygen atoms in total. The van der Waals surface area contributed by atoms with Gasteiger partial charge in [-0.2, -0.15) is 0 Å². The number of sulfonamides is 1. The Kier molecular flexibility index (Phi) is 3.25. The Balaban J connectivity index is 2.03. The highest BCUT2D eigenvalue weighted by molar-refractivity contribution is 7.92. The van der Waals surface area contributed by atoms with Gasteiger partial charge in [-0.1, -0.05) is 6.07 Å². The van der Waals surface area contributed by atoms with E-state index in [1.807, 2.05) is 0 Å². The molecule has 0 spiro atoms. The number of fused-ring (bicyclic) bond motifs is 1. The zero-order valence-electron chi connectivity index (χ0n) is 11.4. The molecule has 0 aliphatic heterocycles. The Morgan fingerprint density at radius 2 is 1.95 bits per heavy atom. The van der Waals surface area contributed by atoms with E-state index >= 15 is 0 Å². The number of H-pyrrole nitrogens is 1. The van der Waals surface area contributed by atoms with E-state index in [2.05, 4.69) is 9.71 Å². The van der Waals surface area contributed by atoms with Crippen LogP contribution in [0.5, 0.6) is 0 Å². The van der Waals surface area contributed by atoms with Crippen LogP contribution in [0.15, 0.2) is 50.5 Å². The molecule has 2 aromatic carbocycles. The number of aromatic amines is 1. The highest BCUT2D eigenvalue weighted by Crippen LogP contribution is 2.22. The van der Waals surface area contributed by atoms with Crippen LogP contribution in [0.1, 0.15) is 5.56 Å². The average Bonchev–Trinajstić information content (AvgIpc) is 2.81. The summed E-state index contributed by atoms with van der Waals surface area (Å²) < 4.78 is 45.3. The lowest BCUT2D eigenvalue weighted by Gasteiger charge is -2.09. The van der Waals surface area contributed by atoms with E-state index in [-0.39, 0.29) is 16.2 Å². The van der Waals surface area contributed by atoms with Crippen LogP contribution in [-0.2, 0) is 10.0 Å². The summed E-state index contributed by atoms with van der Waals surface area (Å²) in [5.41, 5.74) is 1.06. The molecule has 0 radical (unpaired) electrons. The first-order valence-electron chi connectivity index (χ1n) is 6.27. The van der Waals surface area contributed by atoms with Crippen LogP contribution >= 0.6 is 0 Å². The van der Waals surface area contributed by atoms with Gasteiger partial charge in [-0.25, -0.2) is 17.6 Å². The smallest absolute Gasteiger partial charge is 0.408 e. The fraction of sp³-hybridized carbons (Fsp3) is 0.0714. The van der Waals surface area contributed by atoms with Crippen molar-refractivity contribution in [3.63, 3.8) is 0 Å². The molecule has 0 saturated carbocycles. The number of rotatable bonds is 3. The minimum absolute atomic E-state index is 0.109. The Bertz CT molecular complexity index is 1020. The van der Waals surface area contributed by atoms with E-state index in [1.54, 1.807) is 6.92 Å². The first-order chi connectivity index (χ1) is 10.3. The number of nitrogens with one attached hydrogen (secondary N) is 2. The van der Waals surface area contributed by atoms with Gasteiger partial charge in [0.05, 0.1) is 16.1 Å². The zero-order valence-corrected chi connectivity index (χ0v) is 12.2. The van der Waals surface area contributed by atoms with E-state index < -0.39 is 21.6 Å². The molecule has 1 heterocycles. The maximum Gasteiger partial charge on any atom is 0.417 e. The number of anilines is 1. The zero-order chi connectivity index (χ0) is 15.9. The number of halogens is 1. The summed E-state index contributed by atoms with van der Waals surface area (Å²) in [7, 11) is -4.00. The van der Waals surface area contributed by atoms with Gasteiger partial charge < -0.3 is 4.42 Å². The van der Waals surface area contributed by atoms with E-state index in [4.69, 9.17) is 4.42 Å². The Morgan fingerprint density at radius 1 is 1.18 bits per heavy atom. The largest absolute Gasteiger partial charge is 0.417 e. The number of benzene rings is 2. The first kappa shape index (κ1) is 14.3. The molecular formula is C14H11FN2O4S. The van der Waals surface area contributed by atoms with Crippen molar-refractivity contribution in [2.75, 3.05) is 4.72 Å². The van der Waals surface area contributed by atoms with Gasteiger partial charge in [0.25, 0.3) is 10.0 Å². The minimum atomic E-state index is -4.00. The van der Waals surface area contributed by atoms with Gasteiger partial charge in [0.2, 0.25) is 0 Å². The minimum Gasteiger partial charge on any atom is -0.408 e. The van der Waals surface area contributed by atoms with Crippen LogP contribution in [0.3, 0.4) is 0 Å². The van der Waals surface area contributed by atoms with E-state index in [0.717, 1.165) is 0 Å². The normalized spacial score (nSPS) is 11.7. The summed E-state index contributed by atoms with van der Waals surface area (Å²) in [5, 5.41) is 0. The molecule has 2 N–H and O–H groups in total.